The average molecular weight is 429 g/mol. The van der Waals surface area contributed by atoms with Crippen LogP contribution in [0.2, 0.25) is 0 Å². The van der Waals surface area contributed by atoms with Crippen LogP contribution in [0.4, 0.5) is 0 Å². The molecule has 3 aromatic rings. The smallest absolute Gasteiger partial charge is 0.246 e. The van der Waals surface area contributed by atoms with E-state index in [1.165, 1.54) is 16.5 Å². The Morgan fingerprint density at radius 3 is 2.44 bits per heavy atom. The fourth-order valence-corrected chi connectivity index (χ4v) is 5.74. The van der Waals surface area contributed by atoms with Gasteiger partial charge in [0.2, 0.25) is 11.8 Å². The van der Waals surface area contributed by atoms with Crippen molar-refractivity contribution in [1.29, 1.82) is 0 Å². The predicted molar refractivity (Wildman–Crippen MR) is 123 cm³/mol. The number of piperidine rings is 1. The number of hydrogen-bond donors (Lipinski definition) is 1. The van der Waals surface area contributed by atoms with Gasteiger partial charge < -0.3 is 14.8 Å². The second-order valence-electron chi connectivity index (χ2n) is 9.33. The third kappa shape index (κ3) is 3.30. The highest BCUT2D eigenvalue weighted by atomic mass is 16.2. The van der Waals surface area contributed by atoms with Crippen LogP contribution in [-0.2, 0) is 29.1 Å². The number of piperazine rings is 1. The Morgan fingerprint density at radius 2 is 1.62 bits per heavy atom. The van der Waals surface area contributed by atoms with E-state index in [-0.39, 0.29) is 30.4 Å². The molecular weight excluding hydrogens is 400 g/mol. The first-order valence-electron chi connectivity index (χ1n) is 11.6. The molecule has 1 atom stereocenters. The minimum absolute atomic E-state index is 0.0746. The van der Waals surface area contributed by atoms with E-state index >= 15 is 0 Å². The number of para-hydroxylation sites is 1. The molecule has 164 valence electrons. The summed E-state index contributed by atoms with van der Waals surface area (Å²) in [4.78, 5) is 36.2. The van der Waals surface area contributed by atoms with Crippen LogP contribution in [0.1, 0.15) is 29.7 Å². The van der Waals surface area contributed by atoms with Crippen molar-refractivity contribution in [3.05, 3.63) is 71.4 Å². The highest BCUT2D eigenvalue weighted by Crippen LogP contribution is 2.33. The van der Waals surface area contributed by atoms with Gasteiger partial charge in [0.15, 0.2) is 0 Å². The molecule has 6 heteroatoms. The van der Waals surface area contributed by atoms with Crippen LogP contribution in [-0.4, -0.2) is 63.2 Å². The summed E-state index contributed by atoms with van der Waals surface area (Å²) in [5.41, 5.74) is 4.68. The van der Waals surface area contributed by atoms with E-state index in [0.29, 0.717) is 13.0 Å². The highest BCUT2D eigenvalue weighted by Gasteiger charge is 2.45. The number of carbonyl (C=O) groups excluding carboxylic acids is 2. The Labute approximate surface area is 187 Å². The van der Waals surface area contributed by atoms with Crippen LogP contribution in [0.15, 0.2) is 54.6 Å². The number of nitrogens with one attached hydrogen (secondary N) is 1. The zero-order chi connectivity index (χ0) is 21.7. The molecule has 0 saturated carbocycles. The summed E-state index contributed by atoms with van der Waals surface area (Å²) in [5.74, 6) is 0.202. The summed E-state index contributed by atoms with van der Waals surface area (Å²) in [5, 5.41) is 1.17. The Hall–Kier alpha value is -3.12. The van der Waals surface area contributed by atoms with Crippen molar-refractivity contribution in [3.8, 4) is 0 Å². The van der Waals surface area contributed by atoms with Gasteiger partial charge >= 0.3 is 0 Å². The molecule has 3 aliphatic heterocycles. The van der Waals surface area contributed by atoms with Gasteiger partial charge in [-0.05, 0) is 30.0 Å². The maximum Gasteiger partial charge on any atom is 0.246 e. The van der Waals surface area contributed by atoms with Gasteiger partial charge in [-0.3, -0.25) is 14.5 Å². The maximum atomic E-state index is 13.6. The van der Waals surface area contributed by atoms with Gasteiger partial charge in [0, 0.05) is 48.7 Å². The molecule has 1 aromatic heterocycles. The summed E-state index contributed by atoms with van der Waals surface area (Å²) in [7, 11) is 0. The van der Waals surface area contributed by atoms with Crippen LogP contribution >= 0.6 is 0 Å². The molecule has 2 saturated heterocycles. The molecule has 3 aliphatic rings. The van der Waals surface area contributed by atoms with Crippen molar-refractivity contribution in [1.82, 2.24) is 19.7 Å². The number of rotatable bonds is 3. The van der Waals surface area contributed by atoms with Crippen LogP contribution < -0.4 is 0 Å². The molecule has 1 N–H and O–H groups in total. The summed E-state index contributed by atoms with van der Waals surface area (Å²) >= 11 is 0. The number of amides is 2. The van der Waals surface area contributed by atoms with Gasteiger partial charge in [-0.25, -0.2) is 0 Å². The zero-order valence-electron chi connectivity index (χ0n) is 18.2. The normalized spacial score (nSPS) is 22.3. The number of fused-ring (bicyclic) bond motifs is 4. The summed E-state index contributed by atoms with van der Waals surface area (Å²) < 4.78 is 0. The second-order valence-corrected chi connectivity index (χ2v) is 9.33. The Kier molecular flexibility index (Phi) is 4.76. The molecule has 0 radical (unpaired) electrons. The maximum absolute atomic E-state index is 13.6. The summed E-state index contributed by atoms with van der Waals surface area (Å²) in [6, 6.07) is 18.5. The topological polar surface area (TPSA) is 59.7 Å². The van der Waals surface area contributed by atoms with Crippen molar-refractivity contribution in [2.45, 2.75) is 44.4 Å². The van der Waals surface area contributed by atoms with Gasteiger partial charge in [-0.2, -0.15) is 0 Å². The van der Waals surface area contributed by atoms with Gasteiger partial charge in [0.1, 0.15) is 12.6 Å². The molecule has 0 spiro atoms. The molecule has 1 unspecified atom stereocenters. The SMILES string of the molecule is O=C1C2Cc3c([nH]c4ccccc34)CN2C(=O)CN1C1CCN(Cc2ccccc2)CC1. The highest BCUT2D eigenvalue weighted by molar-refractivity contribution is 5.97. The molecular formula is C26H28N4O2. The van der Waals surface area contributed by atoms with Crippen molar-refractivity contribution in [2.75, 3.05) is 19.6 Å². The molecule has 4 heterocycles. The van der Waals surface area contributed by atoms with E-state index in [1.54, 1.807) is 4.90 Å². The van der Waals surface area contributed by atoms with E-state index in [2.05, 4.69) is 46.3 Å². The Morgan fingerprint density at radius 1 is 0.875 bits per heavy atom. The van der Waals surface area contributed by atoms with Crippen molar-refractivity contribution in [2.24, 2.45) is 0 Å². The van der Waals surface area contributed by atoms with Crippen LogP contribution in [0.3, 0.4) is 0 Å². The van der Waals surface area contributed by atoms with Gasteiger partial charge in [0.05, 0.1) is 6.54 Å². The van der Waals surface area contributed by atoms with E-state index in [0.717, 1.165) is 43.7 Å². The minimum atomic E-state index is -0.370. The van der Waals surface area contributed by atoms with Crippen molar-refractivity contribution in [3.63, 3.8) is 0 Å². The molecule has 2 aromatic carbocycles. The van der Waals surface area contributed by atoms with Gasteiger partial charge in [-0.1, -0.05) is 48.5 Å². The zero-order valence-corrected chi connectivity index (χ0v) is 18.2. The first kappa shape index (κ1) is 19.6. The minimum Gasteiger partial charge on any atom is -0.357 e. The predicted octanol–water partition coefficient (Wildman–Crippen LogP) is 2.93. The molecule has 6 rings (SSSR count). The summed E-state index contributed by atoms with van der Waals surface area (Å²) in [6.45, 7) is 3.58. The lowest BCUT2D eigenvalue weighted by Gasteiger charge is -2.47. The van der Waals surface area contributed by atoms with E-state index in [1.807, 2.05) is 23.1 Å². The molecule has 32 heavy (non-hydrogen) atoms. The first-order valence-corrected chi connectivity index (χ1v) is 11.6. The largest absolute Gasteiger partial charge is 0.357 e. The number of likely N-dealkylation sites (tertiary alicyclic amines) is 1. The first-order chi connectivity index (χ1) is 15.7. The second kappa shape index (κ2) is 7.78. The van der Waals surface area contributed by atoms with E-state index in [4.69, 9.17) is 0 Å². The van der Waals surface area contributed by atoms with Crippen molar-refractivity contribution < 1.29 is 9.59 Å². The number of aromatic amines is 1. The van der Waals surface area contributed by atoms with Crippen LogP contribution in [0.25, 0.3) is 10.9 Å². The monoisotopic (exact) mass is 428 g/mol. The Balaban J connectivity index is 1.17. The fraction of sp³-hybridized carbons (Fsp3) is 0.385. The number of benzene rings is 2. The fourth-order valence-electron chi connectivity index (χ4n) is 5.74. The third-order valence-electron chi connectivity index (χ3n) is 7.45. The quantitative estimate of drug-likeness (QED) is 0.698. The van der Waals surface area contributed by atoms with E-state index < -0.39 is 0 Å². The molecule has 2 fully saturated rings. The number of aromatic nitrogens is 1. The molecule has 0 aliphatic carbocycles. The number of H-pyrrole nitrogens is 1. The van der Waals surface area contributed by atoms with Crippen LogP contribution in [0, 0.1) is 0 Å². The number of hydrogen-bond acceptors (Lipinski definition) is 3. The summed E-state index contributed by atoms with van der Waals surface area (Å²) in [6.07, 6.45) is 2.46. The standard InChI is InChI=1S/C26H28N4O2/c31-25-17-29(19-10-12-28(13-11-19)15-18-6-2-1-3-7-18)26(32)24-14-21-20-8-4-5-9-22(20)27-23(21)16-30(24)25/h1-9,19,24,27H,10-17H2. The van der Waals surface area contributed by atoms with E-state index in [9.17, 15) is 9.59 Å². The number of nitrogens with zero attached hydrogens (tertiary/aromatic N) is 3. The van der Waals surface area contributed by atoms with Gasteiger partial charge in [0.25, 0.3) is 0 Å². The molecule has 2 amide bonds. The third-order valence-corrected chi connectivity index (χ3v) is 7.45. The Bertz CT molecular complexity index is 1160. The molecule has 0 bridgehead atoms. The van der Waals surface area contributed by atoms with Crippen molar-refractivity contribution >= 4 is 22.7 Å². The number of carbonyl (C=O) groups is 2. The van der Waals surface area contributed by atoms with Gasteiger partial charge in [-0.15, -0.1) is 0 Å². The lowest BCUT2D eigenvalue weighted by Crippen LogP contribution is -2.64. The molecule has 6 nitrogen and oxygen atoms in total. The lowest BCUT2D eigenvalue weighted by atomic mass is 9.92. The van der Waals surface area contributed by atoms with Crippen LogP contribution in [0.5, 0.6) is 0 Å². The average Bonchev–Trinajstić information content (AvgIpc) is 3.19. The lowest BCUT2D eigenvalue weighted by molar-refractivity contribution is -0.160.